The Balaban J connectivity index is 2.16. The molecular formula is C28H30ClNO6. The van der Waals surface area contributed by atoms with E-state index in [2.05, 4.69) is 4.98 Å². The lowest BCUT2D eigenvalue weighted by atomic mass is 9.92. The molecule has 2 aromatic carbocycles. The maximum absolute atomic E-state index is 13.0. The maximum Gasteiger partial charge on any atom is 0.340 e. The van der Waals surface area contributed by atoms with E-state index in [1.54, 1.807) is 52.0 Å². The van der Waals surface area contributed by atoms with Crippen molar-refractivity contribution >= 4 is 23.5 Å². The van der Waals surface area contributed by atoms with Gasteiger partial charge in [-0.15, -0.1) is 0 Å². The van der Waals surface area contributed by atoms with Crippen molar-refractivity contribution in [3.8, 4) is 22.6 Å². The molecule has 0 unspecified atom stereocenters. The van der Waals surface area contributed by atoms with Crippen molar-refractivity contribution in [1.29, 1.82) is 0 Å². The van der Waals surface area contributed by atoms with Gasteiger partial charge in [0.1, 0.15) is 6.61 Å². The summed E-state index contributed by atoms with van der Waals surface area (Å²) < 4.78 is 22.5. The number of benzene rings is 2. The van der Waals surface area contributed by atoms with E-state index >= 15 is 0 Å². The van der Waals surface area contributed by atoms with Gasteiger partial charge in [0.05, 0.1) is 42.3 Å². The molecule has 0 aliphatic heterocycles. The molecule has 0 aliphatic carbocycles. The molecule has 3 rings (SSSR count). The van der Waals surface area contributed by atoms with Gasteiger partial charge in [-0.2, -0.15) is 0 Å². The van der Waals surface area contributed by atoms with Gasteiger partial charge in [0, 0.05) is 16.1 Å². The Kier molecular flexibility index (Phi) is 9.31. The van der Waals surface area contributed by atoms with E-state index in [9.17, 15) is 9.59 Å². The molecule has 190 valence electrons. The Morgan fingerprint density at radius 1 is 0.806 bits per heavy atom. The summed E-state index contributed by atoms with van der Waals surface area (Å²) in [5, 5.41) is 0.605. The topological polar surface area (TPSA) is 84.0 Å². The van der Waals surface area contributed by atoms with Crippen LogP contribution >= 0.6 is 11.6 Å². The predicted octanol–water partition coefficient (Wildman–Crippen LogP) is 6.35. The van der Waals surface area contributed by atoms with E-state index in [4.69, 9.17) is 30.5 Å². The van der Waals surface area contributed by atoms with Gasteiger partial charge in [0.25, 0.3) is 0 Å². The predicted molar refractivity (Wildman–Crippen MR) is 138 cm³/mol. The average Bonchev–Trinajstić information content (AvgIpc) is 2.84. The van der Waals surface area contributed by atoms with Crippen LogP contribution in [0.3, 0.4) is 0 Å². The third kappa shape index (κ3) is 5.97. The normalized spacial score (nSPS) is 10.6. The van der Waals surface area contributed by atoms with Crippen LogP contribution in [-0.2, 0) is 16.1 Å². The molecule has 0 radical (unpaired) electrons. The van der Waals surface area contributed by atoms with E-state index in [0.29, 0.717) is 45.6 Å². The number of aromatic nitrogens is 1. The highest BCUT2D eigenvalue weighted by Gasteiger charge is 2.28. The molecule has 0 atom stereocenters. The first-order valence-electron chi connectivity index (χ1n) is 11.8. The van der Waals surface area contributed by atoms with Crippen molar-refractivity contribution in [2.75, 3.05) is 19.8 Å². The number of ether oxygens (including phenoxy) is 4. The highest BCUT2D eigenvalue weighted by molar-refractivity contribution is 6.31. The minimum atomic E-state index is -0.569. The largest absolute Gasteiger partial charge is 0.490 e. The van der Waals surface area contributed by atoms with E-state index in [-0.39, 0.29) is 30.9 Å². The van der Waals surface area contributed by atoms with Gasteiger partial charge in [-0.3, -0.25) is 4.98 Å². The van der Waals surface area contributed by atoms with Crippen molar-refractivity contribution < 1.29 is 28.5 Å². The Hall–Kier alpha value is -3.58. The van der Waals surface area contributed by atoms with Crippen molar-refractivity contribution in [1.82, 2.24) is 4.98 Å². The number of halogens is 1. The molecule has 0 spiro atoms. The molecule has 0 fully saturated rings. The number of esters is 2. The fourth-order valence-corrected chi connectivity index (χ4v) is 4.06. The molecule has 0 saturated heterocycles. The molecule has 0 N–H and O–H groups in total. The summed E-state index contributed by atoms with van der Waals surface area (Å²) in [6, 6.07) is 12.7. The fourth-order valence-electron chi connectivity index (χ4n) is 3.87. The zero-order chi connectivity index (χ0) is 26.2. The van der Waals surface area contributed by atoms with E-state index in [1.165, 1.54) is 0 Å². The summed E-state index contributed by atoms with van der Waals surface area (Å²) in [4.78, 5) is 30.4. The lowest BCUT2D eigenvalue weighted by Crippen LogP contribution is -2.17. The highest BCUT2D eigenvalue weighted by atomic mass is 35.5. The van der Waals surface area contributed by atoms with E-state index in [1.807, 2.05) is 25.1 Å². The van der Waals surface area contributed by atoms with Gasteiger partial charge < -0.3 is 18.9 Å². The van der Waals surface area contributed by atoms with Crippen LogP contribution < -0.4 is 9.47 Å². The zero-order valence-corrected chi connectivity index (χ0v) is 21.9. The Morgan fingerprint density at radius 2 is 1.42 bits per heavy atom. The smallest absolute Gasteiger partial charge is 0.340 e. The second-order valence-corrected chi connectivity index (χ2v) is 8.23. The van der Waals surface area contributed by atoms with Gasteiger partial charge in [-0.1, -0.05) is 35.9 Å². The molecule has 8 heteroatoms. The molecule has 0 saturated carbocycles. The number of nitrogens with zero attached hydrogens (tertiary/aromatic N) is 1. The minimum Gasteiger partial charge on any atom is -0.490 e. The fraction of sp³-hybridized carbons (Fsp3) is 0.321. The number of carbonyl (C=O) groups excluding carboxylic acids is 2. The first-order valence-corrected chi connectivity index (χ1v) is 12.2. The van der Waals surface area contributed by atoms with Crippen LogP contribution in [0.1, 0.15) is 58.4 Å². The molecule has 3 aromatic rings. The number of pyridine rings is 1. The van der Waals surface area contributed by atoms with Crippen molar-refractivity contribution in [2.45, 2.75) is 41.2 Å². The lowest BCUT2D eigenvalue weighted by molar-refractivity contribution is 0.0525. The van der Waals surface area contributed by atoms with E-state index < -0.39 is 11.9 Å². The SMILES string of the molecule is CCOC(=O)c1c(C)nc(C)c(C(=O)OCC)c1-c1ccc(OCc2ccccc2Cl)c(OCC)c1. The lowest BCUT2D eigenvalue weighted by Gasteiger charge is -2.19. The van der Waals surface area contributed by atoms with Crippen LogP contribution in [0.15, 0.2) is 42.5 Å². The summed E-state index contributed by atoms with van der Waals surface area (Å²) in [5.41, 5.74) is 3.10. The van der Waals surface area contributed by atoms with Gasteiger partial charge in [0.2, 0.25) is 0 Å². The van der Waals surface area contributed by atoms with Crippen molar-refractivity contribution in [3.63, 3.8) is 0 Å². The summed E-state index contributed by atoms with van der Waals surface area (Å²) in [6.07, 6.45) is 0. The van der Waals surface area contributed by atoms with Crippen LogP contribution in [0.4, 0.5) is 0 Å². The van der Waals surface area contributed by atoms with Crippen LogP contribution in [0.25, 0.3) is 11.1 Å². The molecule has 1 heterocycles. The second-order valence-electron chi connectivity index (χ2n) is 7.82. The molecule has 0 amide bonds. The molecule has 1 aromatic heterocycles. The quantitative estimate of drug-likeness (QED) is 0.293. The van der Waals surface area contributed by atoms with Gasteiger partial charge in [-0.05, 0) is 58.4 Å². The Labute approximate surface area is 216 Å². The monoisotopic (exact) mass is 511 g/mol. The first-order chi connectivity index (χ1) is 17.3. The summed E-state index contributed by atoms with van der Waals surface area (Å²) in [7, 11) is 0. The van der Waals surface area contributed by atoms with Crippen LogP contribution in [0, 0.1) is 13.8 Å². The van der Waals surface area contributed by atoms with Crippen LogP contribution in [0.5, 0.6) is 11.5 Å². The molecule has 36 heavy (non-hydrogen) atoms. The van der Waals surface area contributed by atoms with Crippen molar-refractivity contribution in [3.05, 3.63) is 75.6 Å². The van der Waals surface area contributed by atoms with Gasteiger partial charge in [-0.25, -0.2) is 9.59 Å². The summed E-state index contributed by atoms with van der Waals surface area (Å²) in [6.45, 7) is 9.71. The van der Waals surface area contributed by atoms with E-state index in [0.717, 1.165) is 5.56 Å². The first kappa shape index (κ1) is 27.0. The number of hydrogen-bond acceptors (Lipinski definition) is 7. The number of carbonyl (C=O) groups is 2. The minimum absolute atomic E-state index is 0.180. The zero-order valence-electron chi connectivity index (χ0n) is 21.1. The third-order valence-corrected chi connectivity index (χ3v) is 5.76. The molecule has 7 nitrogen and oxygen atoms in total. The Morgan fingerprint density at radius 3 is 1.97 bits per heavy atom. The van der Waals surface area contributed by atoms with Crippen molar-refractivity contribution in [2.24, 2.45) is 0 Å². The standard InChI is InChI=1S/C28H30ClNO6/c1-6-33-23-15-19(13-14-22(23)36-16-20-11-9-10-12-21(20)29)26-24(27(31)34-7-2)17(4)30-18(5)25(26)28(32)35-8-3/h9-15H,6-8,16H2,1-5H3. The molecule has 0 aliphatic rings. The van der Waals surface area contributed by atoms with Crippen LogP contribution in [0.2, 0.25) is 5.02 Å². The third-order valence-electron chi connectivity index (χ3n) is 5.39. The van der Waals surface area contributed by atoms with Gasteiger partial charge in [0.15, 0.2) is 11.5 Å². The van der Waals surface area contributed by atoms with Crippen LogP contribution in [-0.4, -0.2) is 36.7 Å². The Bertz CT molecular complexity index is 1210. The summed E-state index contributed by atoms with van der Waals surface area (Å²) >= 11 is 6.27. The molecular weight excluding hydrogens is 482 g/mol. The number of hydrogen-bond donors (Lipinski definition) is 0. The highest BCUT2D eigenvalue weighted by Crippen LogP contribution is 2.38. The molecule has 0 bridgehead atoms. The second kappa shape index (κ2) is 12.4. The van der Waals surface area contributed by atoms with Gasteiger partial charge >= 0.3 is 11.9 Å². The average molecular weight is 512 g/mol. The number of aryl methyl sites for hydroxylation is 2. The summed E-state index contributed by atoms with van der Waals surface area (Å²) in [5.74, 6) is -0.183. The maximum atomic E-state index is 13.0. The number of rotatable bonds is 10.